The molecule has 0 saturated heterocycles. The van der Waals surface area contributed by atoms with Gasteiger partial charge in [-0.15, -0.1) is 0 Å². The molecule has 160 valence electrons. The van der Waals surface area contributed by atoms with Crippen LogP contribution in [0, 0.1) is 20.8 Å². The van der Waals surface area contributed by atoms with Crippen molar-refractivity contribution < 1.29 is 9.59 Å². The summed E-state index contributed by atoms with van der Waals surface area (Å²) in [4.78, 5) is 30.4. The number of carbonyl (C=O) groups is 2. The zero-order valence-electron chi connectivity index (χ0n) is 18.4. The predicted octanol–water partition coefficient (Wildman–Crippen LogP) is 5.20. The minimum atomic E-state index is -0.308. The Bertz CT molecular complexity index is 1290. The average molecular weight is 424 g/mol. The van der Waals surface area contributed by atoms with E-state index in [9.17, 15) is 9.59 Å². The number of rotatable bonds is 5. The van der Waals surface area contributed by atoms with Crippen LogP contribution in [0.25, 0.3) is 22.2 Å². The molecule has 3 aromatic carbocycles. The van der Waals surface area contributed by atoms with E-state index in [0.29, 0.717) is 11.3 Å². The fourth-order valence-electron chi connectivity index (χ4n) is 3.74. The van der Waals surface area contributed by atoms with E-state index in [4.69, 9.17) is 4.98 Å². The summed E-state index contributed by atoms with van der Waals surface area (Å²) in [7, 11) is 0. The van der Waals surface area contributed by atoms with E-state index in [1.54, 1.807) is 6.07 Å². The van der Waals surface area contributed by atoms with E-state index >= 15 is 0 Å². The monoisotopic (exact) mass is 423 g/mol. The molecule has 5 nitrogen and oxygen atoms in total. The summed E-state index contributed by atoms with van der Waals surface area (Å²) in [5.41, 5.74) is 6.65. The van der Waals surface area contributed by atoms with Crippen molar-refractivity contribution in [2.24, 2.45) is 0 Å². The number of fused-ring (bicyclic) bond motifs is 1. The van der Waals surface area contributed by atoms with Crippen LogP contribution in [0.1, 0.15) is 27.0 Å². The van der Waals surface area contributed by atoms with Gasteiger partial charge in [0.2, 0.25) is 5.91 Å². The van der Waals surface area contributed by atoms with Gasteiger partial charge in [-0.3, -0.25) is 9.59 Å². The molecular weight excluding hydrogens is 398 g/mol. The molecule has 32 heavy (non-hydrogen) atoms. The molecule has 1 heterocycles. The van der Waals surface area contributed by atoms with Crippen molar-refractivity contribution in [3.05, 3.63) is 95.1 Å². The van der Waals surface area contributed by atoms with E-state index in [0.717, 1.165) is 38.8 Å². The Kier molecular flexibility index (Phi) is 5.99. The third-order valence-corrected chi connectivity index (χ3v) is 5.43. The molecule has 0 unspecified atom stereocenters. The van der Waals surface area contributed by atoms with Crippen LogP contribution in [0.5, 0.6) is 0 Å². The second-order valence-corrected chi connectivity index (χ2v) is 7.94. The number of aryl methyl sites for hydroxylation is 3. The van der Waals surface area contributed by atoms with Crippen molar-refractivity contribution in [3.8, 4) is 11.3 Å². The number of carbonyl (C=O) groups excluding carboxylic acids is 2. The number of benzene rings is 3. The van der Waals surface area contributed by atoms with E-state index in [1.165, 1.54) is 0 Å². The summed E-state index contributed by atoms with van der Waals surface area (Å²) >= 11 is 0. The van der Waals surface area contributed by atoms with Gasteiger partial charge >= 0.3 is 0 Å². The second kappa shape index (κ2) is 9.02. The van der Waals surface area contributed by atoms with Crippen molar-refractivity contribution in [1.29, 1.82) is 0 Å². The summed E-state index contributed by atoms with van der Waals surface area (Å²) in [6.07, 6.45) is 0. The lowest BCUT2D eigenvalue weighted by molar-refractivity contribution is -0.115. The molecule has 4 aromatic rings. The largest absolute Gasteiger partial charge is 0.343 e. The Hall–Kier alpha value is -3.99. The number of hydrogen-bond donors (Lipinski definition) is 2. The molecule has 2 N–H and O–H groups in total. The average Bonchev–Trinajstić information content (AvgIpc) is 2.80. The molecule has 0 atom stereocenters. The quantitative estimate of drug-likeness (QED) is 0.464. The van der Waals surface area contributed by atoms with Crippen molar-refractivity contribution in [3.63, 3.8) is 0 Å². The summed E-state index contributed by atoms with van der Waals surface area (Å²) < 4.78 is 0. The van der Waals surface area contributed by atoms with Gasteiger partial charge in [-0.05, 0) is 50.1 Å². The molecule has 0 bridgehead atoms. The minimum absolute atomic E-state index is 0.122. The molecule has 0 aliphatic heterocycles. The molecule has 0 radical (unpaired) electrons. The smallest absolute Gasteiger partial charge is 0.252 e. The van der Waals surface area contributed by atoms with E-state index < -0.39 is 0 Å². The van der Waals surface area contributed by atoms with Gasteiger partial charge in [-0.25, -0.2) is 4.98 Å². The van der Waals surface area contributed by atoms with Crippen LogP contribution in [0.2, 0.25) is 0 Å². The van der Waals surface area contributed by atoms with Crippen LogP contribution in [-0.2, 0) is 4.79 Å². The zero-order valence-corrected chi connectivity index (χ0v) is 18.4. The SMILES string of the molecule is Cc1ccc2nc(-c3ccccc3)cc(C(=O)NCC(=O)Nc3c(C)cccc3C)c2c1. The first-order valence-corrected chi connectivity index (χ1v) is 10.5. The number of nitrogens with one attached hydrogen (secondary N) is 2. The molecule has 5 heteroatoms. The zero-order chi connectivity index (χ0) is 22.7. The van der Waals surface area contributed by atoms with Crippen molar-refractivity contribution in [2.75, 3.05) is 11.9 Å². The van der Waals surface area contributed by atoms with E-state index in [2.05, 4.69) is 10.6 Å². The van der Waals surface area contributed by atoms with E-state index in [1.807, 2.05) is 87.5 Å². The number of para-hydroxylation sites is 1. The fourth-order valence-corrected chi connectivity index (χ4v) is 3.74. The molecule has 0 aliphatic rings. The molecule has 4 rings (SSSR count). The summed E-state index contributed by atoms with van der Waals surface area (Å²) in [6, 6.07) is 23.2. The first-order chi connectivity index (χ1) is 15.4. The Morgan fingerprint density at radius 3 is 2.28 bits per heavy atom. The Morgan fingerprint density at radius 2 is 1.56 bits per heavy atom. The lowest BCUT2D eigenvalue weighted by Gasteiger charge is -2.13. The molecule has 2 amide bonds. The van der Waals surface area contributed by atoms with Gasteiger partial charge < -0.3 is 10.6 Å². The molecule has 0 aliphatic carbocycles. The summed E-state index contributed by atoms with van der Waals surface area (Å²) in [5.74, 6) is -0.578. The van der Waals surface area contributed by atoms with Crippen molar-refractivity contribution in [1.82, 2.24) is 10.3 Å². The van der Waals surface area contributed by atoms with Crippen LogP contribution in [0.15, 0.2) is 72.8 Å². The van der Waals surface area contributed by atoms with Crippen LogP contribution in [0.4, 0.5) is 5.69 Å². The van der Waals surface area contributed by atoms with Crippen LogP contribution in [-0.4, -0.2) is 23.3 Å². The first-order valence-electron chi connectivity index (χ1n) is 10.5. The van der Waals surface area contributed by atoms with Crippen LogP contribution < -0.4 is 10.6 Å². The van der Waals surface area contributed by atoms with Crippen LogP contribution >= 0.6 is 0 Å². The Labute approximate surface area is 187 Å². The Morgan fingerprint density at radius 1 is 0.844 bits per heavy atom. The van der Waals surface area contributed by atoms with Crippen molar-refractivity contribution in [2.45, 2.75) is 20.8 Å². The maximum atomic E-state index is 13.1. The molecule has 0 spiro atoms. The summed E-state index contributed by atoms with van der Waals surface area (Å²) in [5, 5.41) is 6.43. The van der Waals surface area contributed by atoms with Gasteiger partial charge in [0.15, 0.2) is 0 Å². The fraction of sp³-hybridized carbons (Fsp3) is 0.148. The number of pyridine rings is 1. The highest BCUT2D eigenvalue weighted by Gasteiger charge is 2.16. The molecule has 0 fully saturated rings. The molecular formula is C27H25N3O2. The standard InChI is InChI=1S/C27H25N3O2/c1-17-12-13-23-21(14-17)22(15-24(29-23)20-10-5-4-6-11-20)27(32)28-16-25(31)30-26-18(2)8-7-9-19(26)3/h4-15H,16H2,1-3H3,(H,28,32)(H,30,31). The second-order valence-electron chi connectivity index (χ2n) is 7.94. The van der Waals surface area contributed by atoms with Gasteiger partial charge in [0.1, 0.15) is 0 Å². The number of aromatic nitrogens is 1. The number of hydrogen-bond acceptors (Lipinski definition) is 3. The normalized spacial score (nSPS) is 10.7. The third kappa shape index (κ3) is 4.52. The predicted molar refractivity (Wildman–Crippen MR) is 129 cm³/mol. The highest BCUT2D eigenvalue weighted by Crippen LogP contribution is 2.26. The maximum Gasteiger partial charge on any atom is 0.252 e. The topological polar surface area (TPSA) is 71.1 Å². The third-order valence-electron chi connectivity index (χ3n) is 5.43. The van der Waals surface area contributed by atoms with E-state index in [-0.39, 0.29) is 18.4 Å². The highest BCUT2D eigenvalue weighted by atomic mass is 16.2. The summed E-state index contributed by atoms with van der Waals surface area (Å²) in [6.45, 7) is 5.74. The van der Waals surface area contributed by atoms with Gasteiger partial charge in [0.25, 0.3) is 5.91 Å². The number of anilines is 1. The lowest BCUT2D eigenvalue weighted by Crippen LogP contribution is -2.33. The number of amides is 2. The van der Waals surface area contributed by atoms with Crippen LogP contribution in [0.3, 0.4) is 0 Å². The minimum Gasteiger partial charge on any atom is -0.343 e. The molecule has 0 saturated carbocycles. The Balaban J connectivity index is 1.60. The van der Waals surface area contributed by atoms with Gasteiger partial charge in [0, 0.05) is 16.6 Å². The maximum absolute atomic E-state index is 13.1. The number of nitrogens with zero attached hydrogens (tertiary/aromatic N) is 1. The molecule has 1 aromatic heterocycles. The van der Waals surface area contributed by atoms with Gasteiger partial charge in [-0.2, -0.15) is 0 Å². The highest BCUT2D eigenvalue weighted by molar-refractivity contribution is 6.08. The van der Waals surface area contributed by atoms with Gasteiger partial charge in [-0.1, -0.05) is 60.2 Å². The lowest BCUT2D eigenvalue weighted by atomic mass is 10.0. The van der Waals surface area contributed by atoms with Gasteiger partial charge in [0.05, 0.1) is 23.3 Å². The van der Waals surface area contributed by atoms with Crippen molar-refractivity contribution >= 4 is 28.4 Å². The first kappa shape index (κ1) is 21.2.